The quantitative estimate of drug-likeness (QED) is 0.734. The number of primary amides is 1. The number of pyridine rings is 1. The van der Waals surface area contributed by atoms with E-state index < -0.39 is 12.1 Å². The molecule has 0 aliphatic heterocycles. The van der Waals surface area contributed by atoms with Crippen LogP contribution in [0, 0.1) is 0 Å². The maximum atomic E-state index is 10.7. The van der Waals surface area contributed by atoms with Crippen LogP contribution in [-0.4, -0.2) is 44.1 Å². The molecule has 0 spiro atoms. The molecule has 0 atom stereocenters. The van der Waals surface area contributed by atoms with Gasteiger partial charge in [0.1, 0.15) is 12.1 Å². The minimum Gasteiger partial charge on any atom is -0.481 e. The van der Waals surface area contributed by atoms with Crippen molar-refractivity contribution >= 4 is 50.9 Å². The summed E-state index contributed by atoms with van der Waals surface area (Å²) in [6.07, 6.45) is 0.746. The molecule has 8 nitrogen and oxygen atoms in total. The maximum absolute atomic E-state index is 10.7. The predicted molar refractivity (Wildman–Crippen MR) is 79.1 cm³/mol. The number of ether oxygens (including phenoxy) is 1. The molecule has 2 rings (SSSR count). The van der Waals surface area contributed by atoms with Crippen LogP contribution in [0.1, 0.15) is 0 Å². The summed E-state index contributed by atoms with van der Waals surface area (Å²) in [6.45, 7) is 0.342. The molecule has 2 aromatic heterocycles. The Labute approximate surface area is 131 Å². The third-order valence-corrected chi connectivity index (χ3v) is 3.80. The largest absolute Gasteiger partial charge is 0.481 e. The Hall–Kier alpha value is -1.81. The number of amides is 1. The first-order valence-corrected chi connectivity index (χ1v) is 7.54. The lowest BCUT2D eigenvalue weighted by Crippen LogP contribution is -2.17. The van der Waals surface area contributed by atoms with Gasteiger partial charge in [-0.1, -0.05) is 11.8 Å². The number of halogens is 1. The smallest absolute Gasteiger partial charge is 0.404 e. The minimum atomic E-state index is -0.943. The number of aromatic nitrogens is 3. The van der Waals surface area contributed by atoms with Crippen LogP contribution in [0.15, 0.2) is 21.9 Å². The lowest BCUT2D eigenvalue weighted by atomic mass is 10.4. The zero-order chi connectivity index (χ0) is 15.4. The number of thioether (sulfide) groups is 1. The molecule has 0 aromatic carbocycles. The molecule has 2 aromatic rings. The van der Waals surface area contributed by atoms with Gasteiger partial charge in [0.15, 0.2) is 10.8 Å². The number of hydrogen-bond acceptors (Lipinski definition) is 6. The van der Waals surface area contributed by atoms with E-state index in [-0.39, 0.29) is 18.9 Å². The van der Waals surface area contributed by atoms with Gasteiger partial charge in [0.05, 0.1) is 12.3 Å². The van der Waals surface area contributed by atoms with Gasteiger partial charge < -0.3 is 20.1 Å². The zero-order valence-electron chi connectivity index (χ0n) is 10.7. The van der Waals surface area contributed by atoms with Gasteiger partial charge in [-0.15, -0.1) is 0 Å². The standard InChI is InChI=1S/C11H11BrN4O4S/c12-6-3-7-9(14-4-6)16(1-2-20-10(13)19)11(15-7)21-5-8(17)18/h3-4H,1-2,5H2,(H2,13,19)(H,17,18). The molecule has 21 heavy (non-hydrogen) atoms. The fourth-order valence-corrected chi connectivity index (χ4v) is 2.71. The number of imidazole rings is 1. The molecule has 0 saturated carbocycles. The number of carboxylic acids is 1. The topological polar surface area (TPSA) is 120 Å². The van der Waals surface area contributed by atoms with Crippen LogP contribution in [0.4, 0.5) is 4.79 Å². The number of nitrogens with zero attached hydrogens (tertiary/aromatic N) is 3. The van der Waals surface area contributed by atoms with E-state index in [2.05, 4.69) is 25.9 Å². The lowest BCUT2D eigenvalue weighted by Gasteiger charge is -2.07. The van der Waals surface area contributed by atoms with Gasteiger partial charge in [-0.3, -0.25) is 4.79 Å². The monoisotopic (exact) mass is 374 g/mol. The van der Waals surface area contributed by atoms with E-state index in [0.717, 1.165) is 16.2 Å². The van der Waals surface area contributed by atoms with Gasteiger partial charge in [-0.2, -0.15) is 0 Å². The van der Waals surface area contributed by atoms with E-state index >= 15 is 0 Å². The molecule has 0 radical (unpaired) electrons. The van der Waals surface area contributed by atoms with E-state index in [4.69, 9.17) is 15.6 Å². The number of aliphatic carboxylic acids is 1. The second-order valence-electron chi connectivity index (χ2n) is 3.89. The minimum absolute atomic E-state index is 0.0547. The Morgan fingerprint density at radius 3 is 2.95 bits per heavy atom. The van der Waals surface area contributed by atoms with Crippen molar-refractivity contribution in [1.82, 2.24) is 14.5 Å². The molecule has 0 saturated heterocycles. The Bertz CT molecular complexity index is 690. The Morgan fingerprint density at radius 2 is 2.29 bits per heavy atom. The SMILES string of the molecule is NC(=O)OCCn1c(SCC(=O)O)nc2cc(Br)cnc21. The van der Waals surface area contributed by atoms with Crippen LogP contribution in [0.25, 0.3) is 11.2 Å². The van der Waals surface area contributed by atoms with Gasteiger partial charge in [0.25, 0.3) is 0 Å². The van der Waals surface area contributed by atoms with Crippen molar-refractivity contribution in [1.29, 1.82) is 0 Å². The van der Waals surface area contributed by atoms with Crippen LogP contribution in [0.3, 0.4) is 0 Å². The molecule has 0 unspecified atom stereocenters. The van der Waals surface area contributed by atoms with Crippen LogP contribution in [0.2, 0.25) is 0 Å². The Kier molecular flexibility index (Phi) is 5.02. The van der Waals surface area contributed by atoms with Crippen molar-refractivity contribution < 1.29 is 19.4 Å². The second kappa shape index (κ2) is 6.76. The molecule has 10 heteroatoms. The fraction of sp³-hybridized carbons (Fsp3) is 0.273. The highest BCUT2D eigenvalue weighted by Crippen LogP contribution is 2.24. The third-order valence-electron chi connectivity index (χ3n) is 2.40. The van der Waals surface area contributed by atoms with E-state index in [0.29, 0.717) is 16.3 Å². The summed E-state index contributed by atoms with van der Waals surface area (Å²) in [4.78, 5) is 29.9. The van der Waals surface area contributed by atoms with Crippen LogP contribution in [-0.2, 0) is 16.1 Å². The van der Waals surface area contributed by atoms with Crippen molar-refractivity contribution in [2.45, 2.75) is 11.7 Å². The lowest BCUT2D eigenvalue weighted by molar-refractivity contribution is -0.133. The number of fused-ring (bicyclic) bond motifs is 1. The molecule has 1 amide bonds. The highest BCUT2D eigenvalue weighted by atomic mass is 79.9. The summed E-state index contributed by atoms with van der Waals surface area (Å²) in [5.74, 6) is -1.07. The first-order valence-electron chi connectivity index (χ1n) is 5.76. The second-order valence-corrected chi connectivity index (χ2v) is 5.75. The number of rotatable bonds is 6. The molecule has 2 heterocycles. The highest BCUT2D eigenvalue weighted by molar-refractivity contribution is 9.10. The normalized spacial score (nSPS) is 10.7. The number of hydrogen-bond donors (Lipinski definition) is 2. The van der Waals surface area contributed by atoms with E-state index in [1.54, 1.807) is 16.8 Å². The molecule has 112 valence electrons. The predicted octanol–water partition coefficient (Wildman–Crippen LogP) is 1.47. The molecule has 0 aliphatic rings. The van der Waals surface area contributed by atoms with Crippen molar-refractivity contribution in [3.05, 3.63) is 16.7 Å². The van der Waals surface area contributed by atoms with Crippen LogP contribution in [0.5, 0.6) is 0 Å². The average Bonchev–Trinajstić information content (AvgIpc) is 2.73. The summed E-state index contributed by atoms with van der Waals surface area (Å²) >= 11 is 4.37. The third kappa shape index (κ3) is 4.08. The molecule has 3 N–H and O–H groups in total. The number of carboxylic acid groups (broad SMARTS) is 1. The van der Waals surface area contributed by atoms with Gasteiger partial charge in [-0.05, 0) is 22.0 Å². The number of carbonyl (C=O) groups excluding carboxylic acids is 1. The summed E-state index contributed by atoms with van der Waals surface area (Å²) in [5, 5.41) is 9.26. The average molecular weight is 375 g/mol. The van der Waals surface area contributed by atoms with E-state index in [1.807, 2.05) is 0 Å². The zero-order valence-corrected chi connectivity index (χ0v) is 13.1. The Balaban J connectivity index is 2.29. The highest BCUT2D eigenvalue weighted by Gasteiger charge is 2.14. The van der Waals surface area contributed by atoms with Crippen LogP contribution < -0.4 is 5.73 Å². The first-order chi connectivity index (χ1) is 9.97. The summed E-state index contributed by atoms with van der Waals surface area (Å²) in [6, 6.07) is 1.78. The number of carbonyl (C=O) groups is 2. The van der Waals surface area contributed by atoms with Crippen molar-refractivity contribution in [3.8, 4) is 0 Å². The summed E-state index contributed by atoms with van der Waals surface area (Å²) < 4.78 is 7.16. The van der Waals surface area contributed by atoms with Gasteiger partial charge in [0, 0.05) is 10.7 Å². The van der Waals surface area contributed by atoms with Gasteiger partial charge >= 0.3 is 12.1 Å². The van der Waals surface area contributed by atoms with E-state index in [1.165, 1.54) is 0 Å². The molecular weight excluding hydrogens is 364 g/mol. The fourth-order valence-electron chi connectivity index (χ4n) is 1.64. The summed E-state index contributed by atoms with van der Waals surface area (Å²) in [5.41, 5.74) is 6.11. The summed E-state index contributed by atoms with van der Waals surface area (Å²) in [7, 11) is 0. The molecule has 0 bridgehead atoms. The van der Waals surface area contributed by atoms with Crippen molar-refractivity contribution in [2.75, 3.05) is 12.4 Å². The molecule has 0 fully saturated rings. The van der Waals surface area contributed by atoms with E-state index in [9.17, 15) is 9.59 Å². The number of nitrogens with two attached hydrogens (primary N) is 1. The van der Waals surface area contributed by atoms with Crippen LogP contribution >= 0.6 is 27.7 Å². The van der Waals surface area contributed by atoms with Gasteiger partial charge in [-0.25, -0.2) is 14.8 Å². The first kappa shape index (κ1) is 15.6. The van der Waals surface area contributed by atoms with Crippen molar-refractivity contribution in [3.63, 3.8) is 0 Å². The van der Waals surface area contributed by atoms with Crippen molar-refractivity contribution in [2.24, 2.45) is 5.73 Å². The molecule has 0 aliphatic carbocycles. The van der Waals surface area contributed by atoms with Gasteiger partial charge in [0.2, 0.25) is 0 Å². The molecular formula is C11H11BrN4O4S. The Morgan fingerprint density at radius 1 is 1.52 bits per heavy atom. The maximum Gasteiger partial charge on any atom is 0.404 e.